The van der Waals surface area contributed by atoms with Crippen LogP contribution in [0.25, 0.3) is 0 Å². The molecule has 2 aliphatic rings. The van der Waals surface area contributed by atoms with E-state index in [2.05, 4.69) is 15.8 Å². The molecular weight excluding hydrogens is 326 g/mol. The van der Waals surface area contributed by atoms with Crippen LogP contribution >= 0.6 is 12.2 Å². The highest BCUT2D eigenvalue weighted by Gasteiger charge is 2.18. The van der Waals surface area contributed by atoms with Crippen LogP contribution in [0.3, 0.4) is 0 Å². The number of thiocarbonyl (C=S) groups is 1. The van der Waals surface area contributed by atoms with Crippen molar-refractivity contribution in [2.45, 2.75) is 38.1 Å². The number of hydrazone groups is 1. The predicted octanol–water partition coefficient (Wildman–Crippen LogP) is 2.60. The van der Waals surface area contributed by atoms with Crippen LogP contribution in [0.2, 0.25) is 0 Å². The smallest absolute Gasteiger partial charge is 0.203 e. The molecule has 1 aliphatic carbocycles. The lowest BCUT2D eigenvalue weighted by atomic mass is 9.96. The van der Waals surface area contributed by atoms with Crippen molar-refractivity contribution in [1.29, 1.82) is 0 Å². The second-order valence-electron chi connectivity index (χ2n) is 5.93. The molecule has 1 aromatic carbocycles. The van der Waals surface area contributed by atoms with Gasteiger partial charge in [0.15, 0.2) is 16.6 Å². The van der Waals surface area contributed by atoms with Crippen molar-refractivity contribution in [3.05, 3.63) is 17.7 Å². The van der Waals surface area contributed by atoms with Gasteiger partial charge in [0, 0.05) is 11.6 Å². The van der Waals surface area contributed by atoms with Gasteiger partial charge in [-0.1, -0.05) is 19.3 Å². The summed E-state index contributed by atoms with van der Waals surface area (Å²) < 4.78 is 16.6. The highest BCUT2D eigenvalue weighted by atomic mass is 32.1. The second kappa shape index (κ2) is 8.19. The summed E-state index contributed by atoms with van der Waals surface area (Å²) in [7, 11) is 1.61. The predicted molar refractivity (Wildman–Crippen MR) is 97.3 cm³/mol. The number of nitrogens with zero attached hydrogens (tertiary/aromatic N) is 1. The largest absolute Gasteiger partial charge is 0.493 e. The van der Waals surface area contributed by atoms with Crippen molar-refractivity contribution in [3.8, 4) is 17.2 Å². The third-order valence-corrected chi connectivity index (χ3v) is 4.38. The molecule has 130 valence electrons. The molecule has 0 amide bonds. The maximum Gasteiger partial charge on any atom is 0.203 e. The zero-order chi connectivity index (χ0) is 16.8. The first-order valence-corrected chi connectivity index (χ1v) is 8.74. The van der Waals surface area contributed by atoms with E-state index in [0.717, 1.165) is 5.56 Å². The van der Waals surface area contributed by atoms with Crippen molar-refractivity contribution >= 4 is 23.5 Å². The van der Waals surface area contributed by atoms with Gasteiger partial charge in [-0.2, -0.15) is 5.10 Å². The normalized spacial score (nSPS) is 17.5. The van der Waals surface area contributed by atoms with Gasteiger partial charge in [-0.25, -0.2) is 0 Å². The van der Waals surface area contributed by atoms with E-state index in [4.69, 9.17) is 26.4 Å². The summed E-state index contributed by atoms with van der Waals surface area (Å²) in [6.07, 6.45) is 7.88. The molecule has 1 heterocycles. The quantitative estimate of drug-likeness (QED) is 0.495. The first-order valence-electron chi connectivity index (χ1n) is 8.33. The van der Waals surface area contributed by atoms with Crippen molar-refractivity contribution in [3.63, 3.8) is 0 Å². The van der Waals surface area contributed by atoms with Gasteiger partial charge in [0.05, 0.1) is 13.3 Å². The van der Waals surface area contributed by atoms with Gasteiger partial charge in [-0.15, -0.1) is 0 Å². The fourth-order valence-electron chi connectivity index (χ4n) is 3.00. The number of hydrogen-bond acceptors (Lipinski definition) is 5. The topological polar surface area (TPSA) is 64.1 Å². The maximum absolute atomic E-state index is 5.61. The van der Waals surface area contributed by atoms with Gasteiger partial charge >= 0.3 is 0 Å². The summed E-state index contributed by atoms with van der Waals surface area (Å²) in [5.74, 6) is 1.95. The Morgan fingerprint density at radius 3 is 2.83 bits per heavy atom. The SMILES string of the molecule is COc1cc(/C=N\NC(=S)NC2CCCCC2)cc2c1OCCO2. The molecule has 0 saturated heterocycles. The minimum atomic E-state index is 0.461. The van der Waals surface area contributed by atoms with E-state index in [1.165, 1.54) is 32.1 Å². The second-order valence-corrected chi connectivity index (χ2v) is 6.33. The lowest BCUT2D eigenvalue weighted by Gasteiger charge is -2.23. The average molecular weight is 349 g/mol. The van der Waals surface area contributed by atoms with E-state index in [9.17, 15) is 0 Å². The highest BCUT2D eigenvalue weighted by Crippen LogP contribution is 2.39. The van der Waals surface area contributed by atoms with E-state index in [0.29, 0.717) is 41.6 Å². The summed E-state index contributed by atoms with van der Waals surface area (Å²) in [6.45, 7) is 1.06. The lowest BCUT2D eigenvalue weighted by Crippen LogP contribution is -2.40. The summed E-state index contributed by atoms with van der Waals surface area (Å²) in [6, 6.07) is 4.19. The first kappa shape index (κ1) is 16.8. The number of benzene rings is 1. The molecule has 24 heavy (non-hydrogen) atoms. The average Bonchev–Trinajstić information content (AvgIpc) is 2.62. The Hall–Kier alpha value is -2.02. The zero-order valence-corrected chi connectivity index (χ0v) is 14.7. The van der Waals surface area contributed by atoms with Crippen LogP contribution in [0.15, 0.2) is 17.2 Å². The van der Waals surface area contributed by atoms with E-state index in [-0.39, 0.29) is 0 Å². The van der Waals surface area contributed by atoms with E-state index >= 15 is 0 Å². The first-order chi connectivity index (χ1) is 11.8. The van der Waals surface area contributed by atoms with Gasteiger partial charge in [0.1, 0.15) is 13.2 Å². The van der Waals surface area contributed by atoms with Gasteiger partial charge < -0.3 is 19.5 Å². The standard InChI is InChI=1S/C17H23N3O3S/c1-21-14-9-12(10-15-16(14)23-8-7-22-15)11-18-20-17(24)19-13-5-3-2-4-6-13/h9-11,13H,2-8H2,1H3,(H2,19,20,24)/b18-11-. The molecule has 6 nitrogen and oxygen atoms in total. The zero-order valence-electron chi connectivity index (χ0n) is 13.8. The molecule has 2 N–H and O–H groups in total. The van der Waals surface area contributed by atoms with Crippen molar-refractivity contribution in [1.82, 2.24) is 10.7 Å². The third-order valence-electron chi connectivity index (χ3n) is 4.17. The minimum Gasteiger partial charge on any atom is -0.493 e. The number of methoxy groups -OCH3 is 1. The van der Waals surface area contributed by atoms with Crippen LogP contribution in [-0.4, -0.2) is 37.7 Å². The number of fused-ring (bicyclic) bond motifs is 1. The molecule has 0 radical (unpaired) electrons. The van der Waals surface area contributed by atoms with Gasteiger partial charge in [-0.05, 0) is 37.2 Å². The van der Waals surface area contributed by atoms with Crippen LogP contribution in [-0.2, 0) is 0 Å². The Kier molecular flexibility index (Phi) is 5.74. The van der Waals surface area contributed by atoms with Crippen LogP contribution in [0, 0.1) is 0 Å². The molecule has 1 aromatic rings. The lowest BCUT2D eigenvalue weighted by molar-refractivity contribution is 0.165. The van der Waals surface area contributed by atoms with Crippen molar-refractivity contribution in [2.75, 3.05) is 20.3 Å². The Labute approximate surface area is 147 Å². The molecular formula is C17H23N3O3S. The maximum atomic E-state index is 5.61. The van der Waals surface area contributed by atoms with Crippen molar-refractivity contribution < 1.29 is 14.2 Å². The number of nitrogens with one attached hydrogen (secondary N) is 2. The van der Waals surface area contributed by atoms with E-state index < -0.39 is 0 Å². The number of ether oxygens (including phenoxy) is 3. The minimum absolute atomic E-state index is 0.461. The summed E-state index contributed by atoms with van der Waals surface area (Å²) in [5, 5.41) is 8.07. The summed E-state index contributed by atoms with van der Waals surface area (Å²) >= 11 is 5.29. The van der Waals surface area contributed by atoms with Crippen LogP contribution < -0.4 is 25.0 Å². The fraction of sp³-hybridized carbons (Fsp3) is 0.529. The highest BCUT2D eigenvalue weighted by molar-refractivity contribution is 7.80. The molecule has 0 aromatic heterocycles. The molecule has 1 fully saturated rings. The van der Waals surface area contributed by atoms with Gasteiger partial charge in [-0.3, -0.25) is 5.43 Å². The molecule has 0 spiro atoms. The Morgan fingerprint density at radius 1 is 1.25 bits per heavy atom. The number of rotatable bonds is 4. The van der Waals surface area contributed by atoms with E-state index in [1.54, 1.807) is 13.3 Å². The van der Waals surface area contributed by atoms with Crippen LogP contribution in [0.4, 0.5) is 0 Å². The van der Waals surface area contributed by atoms with E-state index in [1.807, 2.05) is 12.1 Å². The summed E-state index contributed by atoms with van der Waals surface area (Å²) in [4.78, 5) is 0. The third kappa shape index (κ3) is 4.29. The monoisotopic (exact) mass is 349 g/mol. The van der Waals surface area contributed by atoms with Crippen LogP contribution in [0.5, 0.6) is 17.2 Å². The molecule has 1 aliphatic heterocycles. The molecule has 0 unspecified atom stereocenters. The Bertz CT molecular complexity index is 598. The Balaban J connectivity index is 1.58. The van der Waals surface area contributed by atoms with Gasteiger partial charge in [0.2, 0.25) is 5.75 Å². The van der Waals surface area contributed by atoms with Crippen molar-refractivity contribution in [2.24, 2.45) is 5.10 Å². The fourth-order valence-corrected chi connectivity index (χ4v) is 3.22. The molecule has 0 atom stereocenters. The molecule has 1 saturated carbocycles. The molecule has 7 heteroatoms. The Morgan fingerprint density at radius 2 is 2.04 bits per heavy atom. The van der Waals surface area contributed by atoms with Gasteiger partial charge in [0.25, 0.3) is 0 Å². The van der Waals surface area contributed by atoms with Crippen LogP contribution in [0.1, 0.15) is 37.7 Å². The molecule has 3 rings (SSSR count). The summed E-state index contributed by atoms with van der Waals surface area (Å²) in [5.41, 5.74) is 3.72. The number of hydrogen-bond donors (Lipinski definition) is 2. The molecule has 0 bridgehead atoms.